The van der Waals surface area contributed by atoms with Crippen molar-refractivity contribution in [2.45, 2.75) is 32.6 Å². The monoisotopic (exact) mass is 273 g/mol. The first-order valence-corrected chi connectivity index (χ1v) is 7.53. The van der Waals surface area contributed by atoms with E-state index >= 15 is 0 Å². The highest BCUT2D eigenvalue weighted by Crippen LogP contribution is 2.51. The van der Waals surface area contributed by atoms with Crippen LogP contribution in [-0.4, -0.2) is 35.5 Å². The molecular weight excluding hydrogens is 250 g/mol. The maximum absolute atomic E-state index is 12.1. The lowest BCUT2D eigenvalue weighted by atomic mass is 9.92. The first-order chi connectivity index (χ1) is 9.61. The van der Waals surface area contributed by atoms with E-state index in [1.807, 2.05) is 29.4 Å². The first kappa shape index (κ1) is 13.4. The van der Waals surface area contributed by atoms with Crippen molar-refractivity contribution in [2.75, 3.05) is 19.6 Å². The average molecular weight is 273 g/mol. The number of hydrogen-bond acceptors (Lipinski definition) is 2. The normalized spacial score (nSPS) is 20.6. The standard InChI is InChI=1S/C16H23N3O/c1-12(2)16(5-6-16)11-18-15(20)19-9-14(10-19)13-3-7-17-8-4-13/h3-4,7-8,12,14H,5-6,9-11H2,1-2H3,(H,18,20). The highest BCUT2D eigenvalue weighted by atomic mass is 16.2. The lowest BCUT2D eigenvalue weighted by Gasteiger charge is -2.39. The van der Waals surface area contributed by atoms with Crippen LogP contribution in [0.15, 0.2) is 24.5 Å². The number of aromatic nitrogens is 1. The molecule has 0 aromatic carbocycles. The van der Waals surface area contributed by atoms with Crippen LogP contribution < -0.4 is 5.32 Å². The molecule has 2 aliphatic rings. The van der Waals surface area contributed by atoms with E-state index in [4.69, 9.17) is 0 Å². The summed E-state index contributed by atoms with van der Waals surface area (Å²) in [6.45, 7) is 6.99. The van der Waals surface area contributed by atoms with Crippen molar-refractivity contribution in [3.63, 3.8) is 0 Å². The number of nitrogens with zero attached hydrogens (tertiary/aromatic N) is 2. The van der Waals surface area contributed by atoms with Crippen LogP contribution in [0.5, 0.6) is 0 Å². The van der Waals surface area contributed by atoms with E-state index in [1.165, 1.54) is 18.4 Å². The van der Waals surface area contributed by atoms with Gasteiger partial charge in [-0.2, -0.15) is 0 Å². The van der Waals surface area contributed by atoms with Gasteiger partial charge in [0.25, 0.3) is 0 Å². The molecule has 1 saturated heterocycles. The Morgan fingerprint density at radius 3 is 2.60 bits per heavy atom. The number of carbonyl (C=O) groups is 1. The summed E-state index contributed by atoms with van der Waals surface area (Å²) in [5.41, 5.74) is 1.66. The molecule has 20 heavy (non-hydrogen) atoms. The molecule has 1 aromatic heterocycles. The predicted octanol–water partition coefficient (Wildman–Crippen LogP) is 2.63. The third-order valence-electron chi connectivity index (χ3n) is 5.05. The van der Waals surface area contributed by atoms with E-state index < -0.39 is 0 Å². The third-order valence-corrected chi connectivity index (χ3v) is 5.05. The van der Waals surface area contributed by atoms with E-state index in [1.54, 1.807) is 0 Å². The summed E-state index contributed by atoms with van der Waals surface area (Å²) in [5.74, 6) is 1.13. The van der Waals surface area contributed by atoms with Crippen LogP contribution in [0.3, 0.4) is 0 Å². The molecule has 0 spiro atoms. The Balaban J connectivity index is 1.45. The molecule has 1 saturated carbocycles. The maximum atomic E-state index is 12.1. The van der Waals surface area contributed by atoms with Gasteiger partial charge in [-0.1, -0.05) is 13.8 Å². The zero-order valence-electron chi connectivity index (χ0n) is 12.3. The SMILES string of the molecule is CC(C)C1(CNC(=O)N2CC(c3ccncc3)C2)CC1. The fourth-order valence-corrected chi connectivity index (χ4v) is 2.97. The Bertz CT molecular complexity index is 476. The second-order valence-electron chi connectivity index (χ2n) is 6.56. The van der Waals surface area contributed by atoms with Crippen molar-refractivity contribution >= 4 is 6.03 Å². The van der Waals surface area contributed by atoms with Crippen LogP contribution >= 0.6 is 0 Å². The number of pyridine rings is 1. The van der Waals surface area contributed by atoms with Gasteiger partial charge in [0.05, 0.1) is 0 Å². The van der Waals surface area contributed by atoms with Crippen molar-refractivity contribution in [1.29, 1.82) is 0 Å². The van der Waals surface area contributed by atoms with Gasteiger partial charge in [-0.05, 0) is 41.9 Å². The quantitative estimate of drug-likeness (QED) is 0.916. The van der Waals surface area contributed by atoms with Gasteiger partial charge in [-0.15, -0.1) is 0 Å². The van der Waals surface area contributed by atoms with Crippen LogP contribution in [0.4, 0.5) is 4.79 Å². The zero-order valence-corrected chi connectivity index (χ0v) is 12.3. The molecule has 2 fully saturated rings. The summed E-state index contributed by atoms with van der Waals surface area (Å²) in [7, 11) is 0. The van der Waals surface area contributed by atoms with E-state index in [2.05, 4.69) is 24.1 Å². The predicted molar refractivity (Wildman–Crippen MR) is 78.5 cm³/mol. The topological polar surface area (TPSA) is 45.2 Å². The lowest BCUT2D eigenvalue weighted by molar-refractivity contribution is 0.148. The molecule has 0 unspecified atom stereocenters. The summed E-state index contributed by atoms with van der Waals surface area (Å²) < 4.78 is 0. The van der Waals surface area contributed by atoms with Gasteiger partial charge >= 0.3 is 6.03 Å². The fraction of sp³-hybridized carbons (Fsp3) is 0.625. The number of nitrogens with one attached hydrogen (secondary N) is 1. The van der Waals surface area contributed by atoms with Crippen molar-refractivity contribution < 1.29 is 4.79 Å². The van der Waals surface area contributed by atoms with Crippen LogP contribution in [0, 0.1) is 11.3 Å². The van der Waals surface area contributed by atoms with Gasteiger partial charge in [-0.25, -0.2) is 4.79 Å². The fourth-order valence-electron chi connectivity index (χ4n) is 2.97. The Hall–Kier alpha value is -1.58. The molecule has 4 nitrogen and oxygen atoms in total. The van der Waals surface area contributed by atoms with Gasteiger partial charge in [0.1, 0.15) is 0 Å². The molecule has 1 aliphatic carbocycles. The number of carbonyl (C=O) groups excluding carboxylic acids is 1. The van der Waals surface area contributed by atoms with Gasteiger partial charge in [0, 0.05) is 37.9 Å². The molecule has 108 valence electrons. The van der Waals surface area contributed by atoms with Crippen molar-refractivity contribution in [3.05, 3.63) is 30.1 Å². The molecule has 1 N–H and O–H groups in total. The molecule has 1 aliphatic heterocycles. The van der Waals surface area contributed by atoms with Gasteiger partial charge < -0.3 is 10.2 Å². The summed E-state index contributed by atoms with van der Waals surface area (Å²) in [6.07, 6.45) is 6.14. The highest BCUT2D eigenvalue weighted by Gasteiger charge is 2.45. The molecule has 2 heterocycles. The Kier molecular flexibility index (Phi) is 3.40. The molecule has 3 rings (SSSR count). The molecular formula is C16H23N3O. The summed E-state index contributed by atoms with van der Waals surface area (Å²) in [5, 5.41) is 3.12. The minimum absolute atomic E-state index is 0.0993. The first-order valence-electron chi connectivity index (χ1n) is 7.53. The van der Waals surface area contributed by atoms with Crippen LogP contribution in [-0.2, 0) is 0 Å². The van der Waals surface area contributed by atoms with Crippen molar-refractivity contribution in [1.82, 2.24) is 15.2 Å². The Morgan fingerprint density at radius 2 is 2.05 bits per heavy atom. The van der Waals surface area contributed by atoms with E-state index in [9.17, 15) is 4.79 Å². The molecule has 1 aromatic rings. The number of hydrogen-bond donors (Lipinski definition) is 1. The smallest absolute Gasteiger partial charge is 0.317 e. The number of rotatable bonds is 4. The second kappa shape index (κ2) is 5.08. The molecule has 0 radical (unpaired) electrons. The number of urea groups is 1. The highest BCUT2D eigenvalue weighted by molar-refractivity contribution is 5.75. The van der Waals surface area contributed by atoms with Gasteiger partial charge in [0.15, 0.2) is 0 Å². The van der Waals surface area contributed by atoms with E-state index in [0.29, 0.717) is 17.3 Å². The summed E-state index contributed by atoms with van der Waals surface area (Å²) >= 11 is 0. The van der Waals surface area contributed by atoms with Gasteiger partial charge in [0.2, 0.25) is 0 Å². The van der Waals surface area contributed by atoms with E-state index in [0.717, 1.165) is 19.6 Å². The zero-order chi connectivity index (χ0) is 14.2. The Morgan fingerprint density at radius 1 is 1.40 bits per heavy atom. The molecule has 0 atom stereocenters. The molecule has 4 heteroatoms. The van der Waals surface area contributed by atoms with Crippen LogP contribution in [0.2, 0.25) is 0 Å². The number of likely N-dealkylation sites (tertiary alicyclic amines) is 1. The third kappa shape index (κ3) is 2.51. The minimum Gasteiger partial charge on any atom is -0.337 e. The molecule has 2 amide bonds. The number of amides is 2. The molecule has 0 bridgehead atoms. The van der Waals surface area contributed by atoms with Crippen LogP contribution in [0.25, 0.3) is 0 Å². The van der Waals surface area contributed by atoms with Crippen LogP contribution in [0.1, 0.15) is 38.2 Å². The second-order valence-corrected chi connectivity index (χ2v) is 6.56. The van der Waals surface area contributed by atoms with E-state index in [-0.39, 0.29) is 6.03 Å². The Labute approximate surface area is 120 Å². The lowest BCUT2D eigenvalue weighted by Crippen LogP contribution is -2.53. The minimum atomic E-state index is 0.0993. The maximum Gasteiger partial charge on any atom is 0.317 e. The largest absolute Gasteiger partial charge is 0.337 e. The van der Waals surface area contributed by atoms with Crippen molar-refractivity contribution in [3.8, 4) is 0 Å². The summed E-state index contributed by atoms with van der Waals surface area (Å²) in [4.78, 5) is 18.0. The van der Waals surface area contributed by atoms with Gasteiger partial charge in [-0.3, -0.25) is 4.98 Å². The average Bonchev–Trinajstić information content (AvgIpc) is 3.17. The summed E-state index contributed by atoms with van der Waals surface area (Å²) in [6, 6.07) is 4.18. The van der Waals surface area contributed by atoms with Crippen molar-refractivity contribution in [2.24, 2.45) is 11.3 Å².